The summed E-state index contributed by atoms with van der Waals surface area (Å²) in [7, 11) is 0. The molecule has 0 aliphatic carbocycles. The Hall–Kier alpha value is -3.98. The molecule has 1 aromatic heterocycles. The minimum Gasteiger partial charge on any atom is -0.455 e. The van der Waals surface area contributed by atoms with E-state index < -0.39 is 5.97 Å². The fourth-order valence-corrected chi connectivity index (χ4v) is 4.07. The molecule has 0 aliphatic heterocycles. The number of hydrogen-bond donors (Lipinski definition) is 1. The molecule has 1 heterocycles. The number of ether oxygens (including phenoxy) is 1. The molecule has 4 aromatic rings. The minimum absolute atomic E-state index is 0.0561. The second-order valence-corrected chi connectivity index (χ2v) is 8.58. The Kier molecular flexibility index (Phi) is 7.89. The Morgan fingerprint density at radius 1 is 0.971 bits per heavy atom. The van der Waals surface area contributed by atoms with E-state index in [0.717, 1.165) is 28.6 Å². The van der Waals surface area contributed by atoms with Gasteiger partial charge in [-0.1, -0.05) is 54.2 Å². The van der Waals surface area contributed by atoms with Gasteiger partial charge < -0.3 is 10.1 Å². The summed E-state index contributed by atoms with van der Waals surface area (Å²) in [6, 6.07) is 23.1. The molecular weight excluding hydrogens is 467 g/mol. The highest BCUT2D eigenvalue weighted by Crippen LogP contribution is 2.28. The monoisotopic (exact) mass is 490 g/mol. The summed E-state index contributed by atoms with van der Waals surface area (Å²) in [6.45, 7) is 1.97. The van der Waals surface area contributed by atoms with Crippen molar-refractivity contribution in [1.29, 1.82) is 0 Å². The second kappa shape index (κ2) is 11.4. The van der Waals surface area contributed by atoms with Gasteiger partial charge in [0.05, 0.1) is 5.75 Å². The van der Waals surface area contributed by atoms with Crippen molar-refractivity contribution in [3.63, 3.8) is 0 Å². The Balaban J connectivity index is 1.37. The molecule has 35 heavy (non-hydrogen) atoms. The first kappa shape index (κ1) is 24.2. The number of hydrogen-bond acceptors (Lipinski definition) is 6. The number of nitrogens with zero attached hydrogens (tertiary/aromatic N) is 3. The smallest absolute Gasteiger partial charge is 0.316 e. The molecule has 9 heteroatoms. The summed E-state index contributed by atoms with van der Waals surface area (Å²) in [5.74, 6) is -0.813. The Labute approximate surface area is 206 Å². The molecule has 3 aromatic carbocycles. The standard InChI is InChI=1S/C26H23FN4O3S/c1-18-7-5-6-8-20(18)15-28-23(32)16-34-24(33)17-35-26-30-29-25(19-11-13-21(27)14-12-19)31(26)22-9-3-2-4-10-22/h2-14H,15-17H2,1H3,(H,28,32). The van der Waals surface area contributed by atoms with E-state index in [1.54, 1.807) is 16.7 Å². The Bertz CT molecular complexity index is 1310. The molecule has 7 nitrogen and oxygen atoms in total. The Morgan fingerprint density at radius 2 is 1.69 bits per heavy atom. The quantitative estimate of drug-likeness (QED) is 0.278. The molecule has 178 valence electrons. The van der Waals surface area contributed by atoms with Crippen LogP contribution in [0.4, 0.5) is 4.39 Å². The van der Waals surface area contributed by atoms with Crippen molar-refractivity contribution in [3.05, 3.63) is 95.8 Å². The zero-order valence-corrected chi connectivity index (χ0v) is 19.8. The number of thioether (sulfide) groups is 1. The van der Waals surface area contributed by atoms with Crippen LogP contribution in [0.2, 0.25) is 0 Å². The van der Waals surface area contributed by atoms with Crippen molar-refractivity contribution in [3.8, 4) is 17.1 Å². The maximum Gasteiger partial charge on any atom is 0.316 e. The Morgan fingerprint density at radius 3 is 2.43 bits per heavy atom. The number of esters is 1. The fourth-order valence-electron chi connectivity index (χ4n) is 3.32. The number of benzene rings is 3. The highest BCUT2D eigenvalue weighted by atomic mass is 32.2. The third-order valence-corrected chi connectivity index (χ3v) is 6.07. The number of aromatic nitrogens is 3. The minimum atomic E-state index is -0.549. The first-order valence-corrected chi connectivity index (χ1v) is 11.9. The van der Waals surface area contributed by atoms with Crippen molar-refractivity contribution in [2.45, 2.75) is 18.6 Å². The number of carbonyl (C=O) groups is 2. The van der Waals surface area contributed by atoms with Gasteiger partial charge in [-0.15, -0.1) is 10.2 Å². The number of rotatable bonds is 9. The van der Waals surface area contributed by atoms with Gasteiger partial charge >= 0.3 is 5.97 Å². The average molecular weight is 491 g/mol. The predicted molar refractivity (Wildman–Crippen MR) is 131 cm³/mol. The number of aryl methyl sites for hydroxylation is 1. The van der Waals surface area contributed by atoms with Gasteiger partial charge in [-0.2, -0.15) is 0 Å². The zero-order chi connectivity index (χ0) is 24.6. The largest absolute Gasteiger partial charge is 0.455 e. The number of halogens is 1. The number of para-hydroxylation sites is 1. The van der Waals surface area contributed by atoms with Crippen LogP contribution in [0, 0.1) is 12.7 Å². The van der Waals surface area contributed by atoms with E-state index in [2.05, 4.69) is 15.5 Å². The van der Waals surface area contributed by atoms with E-state index >= 15 is 0 Å². The third kappa shape index (κ3) is 6.33. The molecule has 4 rings (SSSR count). The van der Waals surface area contributed by atoms with E-state index in [1.807, 2.05) is 61.5 Å². The highest BCUT2D eigenvalue weighted by Gasteiger charge is 2.18. The molecule has 0 radical (unpaired) electrons. The van der Waals surface area contributed by atoms with E-state index in [9.17, 15) is 14.0 Å². The highest BCUT2D eigenvalue weighted by molar-refractivity contribution is 7.99. The molecule has 0 saturated heterocycles. The summed E-state index contributed by atoms with van der Waals surface area (Å²) in [5, 5.41) is 11.7. The van der Waals surface area contributed by atoms with Crippen LogP contribution in [-0.4, -0.2) is 39.0 Å². The van der Waals surface area contributed by atoms with Gasteiger partial charge in [0.1, 0.15) is 5.82 Å². The van der Waals surface area contributed by atoms with E-state index in [4.69, 9.17) is 4.74 Å². The molecular formula is C26H23FN4O3S. The second-order valence-electron chi connectivity index (χ2n) is 7.64. The van der Waals surface area contributed by atoms with Crippen LogP contribution in [0.3, 0.4) is 0 Å². The average Bonchev–Trinajstić information content (AvgIpc) is 3.30. The van der Waals surface area contributed by atoms with E-state index in [-0.39, 0.29) is 24.1 Å². The van der Waals surface area contributed by atoms with Gasteiger partial charge in [0.15, 0.2) is 17.6 Å². The molecule has 0 unspecified atom stereocenters. The van der Waals surface area contributed by atoms with E-state index in [1.165, 1.54) is 12.1 Å². The maximum atomic E-state index is 13.4. The number of amides is 1. The van der Waals surface area contributed by atoms with Gasteiger partial charge in [0.25, 0.3) is 5.91 Å². The van der Waals surface area contributed by atoms with Gasteiger partial charge in [0.2, 0.25) is 0 Å². The lowest BCUT2D eigenvalue weighted by atomic mass is 10.1. The molecule has 1 amide bonds. The van der Waals surface area contributed by atoms with Crippen LogP contribution in [0.1, 0.15) is 11.1 Å². The maximum absolute atomic E-state index is 13.4. The zero-order valence-electron chi connectivity index (χ0n) is 19.0. The summed E-state index contributed by atoms with van der Waals surface area (Å²) < 4.78 is 20.3. The van der Waals surface area contributed by atoms with Crippen LogP contribution in [-0.2, 0) is 20.9 Å². The number of carbonyl (C=O) groups excluding carboxylic acids is 2. The molecule has 0 fully saturated rings. The molecule has 0 atom stereocenters. The van der Waals surface area contributed by atoms with Gasteiger partial charge in [-0.25, -0.2) is 4.39 Å². The van der Waals surface area contributed by atoms with Crippen LogP contribution in [0.25, 0.3) is 17.1 Å². The van der Waals surface area contributed by atoms with Gasteiger partial charge in [-0.05, 0) is 54.4 Å². The molecule has 0 spiro atoms. The molecule has 1 N–H and O–H groups in total. The van der Waals surface area contributed by atoms with Gasteiger partial charge in [-0.3, -0.25) is 14.2 Å². The van der Waals surface area contributed by atoms with Crippen LogP contribution in [0.15, 0.2) is 84.0 Å². The van der Waals surface area contributed by atoms with Crippen molar-refractivity contribution in [2.75, 3.05) is 12.4 Å². The van der Waals surface area contributed by atoms with Crippen LogP contribution >= 0.6 is 11.8 Å². The van der Waals surface area contributed by atoms with Gasteiger partial charge in [0, 0.05) is 17.8 Å². The SMILES string of the molecule is Cc1ccccc1CNC(=O)COC(=O)CSc1nnc(-c2ccc(F)cc2)n1-c1ccccc1. The predicted octanol–water partition coefficient (Wildman–Crippen LogP) is 4.33. The molecule has 0 saturated carbocycles. The van der Waals surface area contributed by atoms with Crippen molar-refractivity contribution in [2.24, 2.45) is 0 Å². The summed E-state index contributed by atoms with van der Waals surface area (Å²) in [4.78, 5) is 24.4. The summed E-state index contributed by atoms with van der Waals surface area (Å²) >= 11 is 1.14. The lowest BCUT2D eigenvalue weighted by Gasteiger charge is -2.10. The first-order chi connectivity index (χ1) is 17.0. The van der Waals surface area contributed by atoms with Crippen LogP contribution < -0.4 is 5.32 Å². The van der Waals surface area contributed by atoms with E-state index in [0.29, 0.717) is 23.1 Å². The van der Waals surface area contributed by atoms with Crippen molar-refractivity contribution < 1.29 is 18.7 Å². The normalized spacial score (nSPS) is 10.7. The van der Waals surface area contributed by atoms with Crippen LogP contribution in [0.5, 0.6) is 0 Å². The van der Waals surface area contributed by atoms with Crippen molar-refractivity contribution >= 4 is 23.6 Å². The topological polar surface area (TPSA) is 86.1 Å². The summed E-state index contributed by atoms with van der Waals surface area (Å²) in [6.07, 6.45) is 0. The summed E-state index contributed by atoms with van der Waals surface area (Å²) in [5.41, 5.74) is 3.55. The lowest BCUT2D eigenvalue weighted by Crippen LogP contribution is -2.29. The third-order valence-electron chi connectivity index (χ3n) is 5.17. The fraction of sp³-hybridized carbons (Fsp3) is 0.154. The lowest BCUT2D eigenvalue weighted by molar-refractivity contribution is -0.145. The van der Waals surface area contributed by atoms with Crippen molar-refractivity contribution in [1.82, 2.24) is 20.1 Å². The molecule has 0 bridgehead atoms. The molecule has 0 aliphatic rings. The number of nitrogens with one attached hydrogen (secondary N) is 1. The first-order valence-electron chi connectivity index (χ1n) is 10.9.